The zero-order valence-electron chi connectivity index (χ0n) is 66.4. The first-order valence-corrected chi connectivity index (χ1v) is 44.1. The van der Waals surface area contributed by atoms with E-state index >= 15 is 4.79 Å². The van der Waals surface area contributed by atoms with Gasteiger partial charge < -0.3 is 63.8 Å². The van der Waals surface area contributed by atoms with E-state index in [4.69, 9.17) is 43.3 Å². The molecule has 1 saturated carbocycles. The van der Waals surface area contributed by atoms with Gasteiger partial charge in [-0.2, -0.15) is 0 Å². The van der Waals surface area contributed by atoms with Crippen molar-refractivity contribution in [3.05, 3.63) is 155 Å². The monoisotopic (exact) mass is 1580 g/mol. The van der Waals surface area contributed by atoms with Crippen LogP contribution in [0.15, 0.2) is 121 Å². The van der Waals surface area contributed by atoms with Gasteiger partial charge in [0.2, 0.25) is 5.91 Å². The van der Waals surface area contributed by atoms with E-state index < -0.39 is 62.2 Å². The zero-order chi connectivity index (χ0) is 80.2. The minimum atomic E-state index is -2.24. The van der Waals surface area contributed by atoms with Gasteiger partial charge in [0, 0.05) is 55.9 Å². The fourth-order valence-corrected chi connectivity index (χ4v) is 18.5. The Bertz CT molecular complexity index is 4100. The van der Waals surface area contributed by atoms with Crippen LogP contribution < -0.4 is 45.9 Å². The Hall–Kier alpha value is -8.98. The molecule has 2 heterocycles. The molecule has 0 aromatic heterocycles. The van der Waals surface area contributed by atoms with Crippen molar-refractivity contribution >= 4 is 89.0 Å². The lowest BCUT2D eigenvalue weighted by atomic mass is 9.93. The molecule has 0 spiro atoms. The smallest absolute Gasteiger partial charge is 0.411 e. The van der Waals surface area contributed by atoms with Gasteiger partial charge in [0.25, 0.3) is 11.8 Å². The lowest BCUT2D eigenvalue weighted by molar-refractivity contribution is -0.155. The average Bonchev–Trinajstić information content (AvgIpc) is 1.63. The molecule has 4 atom stereocenters. The fraction of sp³-hybridized carbons (Fsp3) is 0.506. The molecule has 3 fully saturated rings. The molecule has 23 nitrogen and oxygen atoms in total. The molecule has 600 valence electrons. The Morgan fingerprint density at radius 3 is 1.75 bits per heavy atom. The number of nitrogens with two attached hydrogens (primary N) is 1. The number of nitrogens with zero attached hydrogens (tertiary/aromatic N) is 2. The molecule has 2 aliphatic heterocycles. The highest BCUT2D eigenvalue weighted by atomic mass is 33.1. The molecule has 0 bridgehead atoms. The van der Waals surface area contributed by atoms with Crippen LogP contribution in [0.1, 0.15) is 181 Å². The van der Waals surface area contributed by atoms with Gasteiger partial charge >= 0.3 is 24.2 Å². The van der Waals surface area contributed by atoms with Crippen LogP contribution in [0.3, 0.4) is 0 Å². The highest BCUT2D eigenvalue weighted by molar-refractivity contribution is 8.77. The summed E-state index contributed by atoms with van der Waals surface area (Å²) >= 11 is 0. The van der Waals surface area contributed by atoms with Gasteiger partial charge in [-0.05, 0) is 140 Å². The number of urea groups is 1. The van der Waals surface area contributed by atoms with Crippen LogP contribution in [0, 0.1) is 11.8 Å². The topological polar surface area (TPSA) is 291 Å². The van der Waals surface area contributed by atoms with Crippen molar-refractivity contribution in [2.24, 2.45) is 17.6 Å². The van der Waals surface area contributed by atoms with Gasteiger partial charge in [-0.25, -0.2) is 14.4 Å². The van der Waals surface area contributed by atoms with E-state index in [-0.39, 0.29) is 139 Å². The molecule has 5 aromatic rings. The fourth-order valence-electron chi connectivity index (χ4n) is 14.3. The summed E-state index contributed by atoms with van der Waals surface area (Å²) < 4.78 is 48.7. The molecule has 2 saturated heterocycles. The molecular weight excluding hydrogens is 1470 g/mol. The second-order valence-corrected chi connectivity index (χ2v) is 38.8. The Kier molecular flexibility index (Phi) is 31.0. The molecular formula is C85H113N7O16S2Si. The van der Waals surface area contributed by atoms with Gasteiger partial charge in [-0.1, -0.05) is 180 Å². The van der Waals surface area contributed by atoms with Crippen LogP contribution in [0.2, 0.25) is 18.1 Å². The maximum Gasteiger partial charge on any atom is 0.411 e. The average molecular weight is 1580 g/mol. The number of esters is 1. The first-order valence-electron chi connectivity index (χ1n) is 38.8. The SMILES string of the molecule is C=C1C[C@@H](CC)N(C(=O)c2cc(OC)c(OCCCCCOc3cc(NC(=O)OCc4ccc(CC(=O)[C@H](CCCNC(N)=O)NC(=O)[C@@H](C(=O)OCC5c6ccccc6-c6ccccc65)C(C)C)cc4)c(C(=O)N4CC(=C)C[C@H]4CO[Si](C)(C)C(C)(C)C)cc3OC)cc2NC(=O)OCC2(SSCCC)CCCC2)C1. The van der Waals surface area contributed by atoms with E-state index in [9.17, 15) is 33.6 Å². The molecule has 4 aliphatic rings. The third-order valence-corrected chi connectivity index (χ3v) is 29.5. The minimum absolute atomic E-state index is 0.0203. The zero-order valence-corrected chi connectivity index (χ0v) is 69.0. The first-order chi connectivity index (χ1) is 53.1. The summed E-state index contributed by atoms with van der Waals surface area (Å²) in [6, 6.07) is 26.9. The number of unbranched alkanes of at least 4 members (excludes halogenated alkanes) is 2. The number of benzene rings is 5. The quantitative estimate of drug-likeness (QED) is 0.00465. The van der Waals surface area contributed by atoms with E-state index in [1.165, 1.54) is 14.2 Å². The summed E-state index contributed by atoms with van der Waals surface area (Å²) in [4.78, 5) is 115. The molecule has 0 radical (unpaired) electrons. The van der Waals surface area contributed by atoms with Gasteiger partial charge in [0.15, 0.2) is 37.1 Å². The molecule has 6 N–H and O–H groups in total. The van der Waals surface area contributed by atoms with Crippen LogP contribution in [0.4, 0.5) is 25.8 Å². The largest absolute Gasteiger partial charge is 0.493 e. The van der Waals surface area contributed by atoms with Gasteiger partial charge in [0.05, 0.1) is 73.4 Å². The number of ketones is 1. The summed E-state index contributed by atoms with van der Waals surface area (Å²) in [6.07, 6.45) is 7.58. The summed E-state index contributed by atoms with van der Waals surface area (Å²) in [5, 5.41) is 11.0. The minimum Gasteiger partial charge on any atom is -0.493 e. The Balaban J connectivity index is 0.848. The normalized spacial score (nSPS) is 16.5. The standard InChI is InChI=1S/C85H113N7O16S2Si/c1-14-40-109-110-85(35-21-22-36-85)53-107-83(100)90-70-47-75(72(101-10)44-65(70)78(95)91-48-55(5)41-59(91)15-2)104-39-24-16-23-38-103-74-46-69(66(45-73(74)102-11)79(96)92-49-56(6)42-60(92)51-108-111(12,13)84(7,8)9)89-82(99)106-50-58-33-31-57(32-34-58)43-71(93)68(30-25-37-87-81(86)98)88-77(94)76(54(3)4)80(97)105-52-67-63-28-19-17-26-61(63)62-27-18-20-29-64(62)67/h17-20,26-29,31-34,44-47,54,59-60,67-68,76H,5-6,14-16,21-25,30,35-43,48-53H2,1-4,7-13H3,(H,88,94)(H,89,99)(H,90,100)(H3,86,87,98)/t59-,60+,68+,76+/m1/s1. The number of carbonyl (C=O) groups excluding carboxylic acids is 8. The first kappa shape index (κ1) is 86.0. The van der Waals surface area contributed by atoms with Crippen molar-refractivity contribution in [3.63, 3.8) is 0 Å². The van der Waals surface area contributed by atoms with Crippen LogP contribution in [-0.4, -0.2) is 161 Å². The van der Waals surface area contributed by atoms with Crippen molar-refractivity contribution in [1.82, 2.24) is 20.4 Å². The number of primary amides is 1. The number of hydrogen-bond donors (Lipinski definition) is 5. The van der Waals surface area contributed by atoms with E-state index in [1.54, 1.807) is 83.0 Å². The third kappa shape index (κ3) is 22.9. The maximum atomic E-state index is 15.0. The van der Waals surface area contributed by atoms with E-state index in [2.05, 4.69) is 75.2 Å². The number of Topliss-reactive ketones (excluding diaryl/α,β-unsaturated/α-hetero) is 1. The van der Waals surface area contributed by atoms with Crippen LogP contribution in [0.5, 0.6) is 23.0 Å². The summed E-state index contributed by atoms with van der Waals surface area (Å²) in [6.45, 7) is 28.5. The number of amides is 7. The summed E-state index contributed by atoms with van der Waals surface area (Å²) in [5.74, 6) is -2.15. The molecule has 111 heavy (non-hydrogen) atoms. The second kappa shape index (κ2) is 40.0. The number of nitrogens with one attached hydrogen (secondary N) is 4. The van der Waals surface area contributed by atoms with Crippen LogP contribution in [0.25, 0.3) is 11.1 Å². The second-order valence-electron chi connectivity index (χ2n) is 31.1. The van der Waals surface area contributed by atoms with Gasteiger partial charge in [-0.15, -0.1) is 0 Å². The Morgan fingerprint density at radius 2 is 1.22 bits per heavy atom. The molecule has 7 amide bonds. The van der Waals surface area contributed by atoms with Crippen LogP contribution >= 0.6 is 21.6 Å². The molecule has 9 rings (SSSR count). The predicted molar refractivity (Wildman–Crippen MR) is 439 cm³/mol. The maximum absolute atomic E-state index is 15.0. The summed E-state index contributed by atoms with van der Waals surface area (Å²) in [5.41, 5.74) is 13.2. The van der Waals surface area contributed by atoms with E-state index in [0.717, 1.165) is 77.7 Å². The molecule has 26 heteroatoms. The lowest BCUT2D eigenvalue weighted by Gasteiger charge is -2.38. The highest BCUT2D eigenvalue weighted by Crippen LogP contribution is 2.49. The van der Waals surface area contributed by atoms with E-state index in [0.29, 0.717) is 67.9 Å². The summed E-state index contributed by atoms with van der Waals surface area (Å²) in [7, 11) is 4.35. The Labute approximate surface area is 663 Å². The van der Waals surface area contributed by atoms with Crippen molar-refractivity contribution in [1.29, 1.82) is 0 Å². The number of fused-ring (bicyclic) bond motifs is 3. The lowest BCUT2D eigenvalue weighted by Crippen LogP contribution is -2.48. The number of hydrogen-bond acceptors (Lipinski definition) is 18. The van der Waals surface area contributed by atoms with Crippen molar-refractivity contribution < 1.29 is 75.9 Å². The number of likely N-dealkylation sites (tertiary alicyclic amines) is 2. The number of anilines is 2. The predicted octanol–water partition coefficient (Wildman–Crippen LogP) is 16.4. The van der Waals surface area contributed by atoms with Crippen LogP contribution in [-0.2, 0) is 46.0 Å². The number of ether oxygens (including phenoxy) is 7. The number of methoxy groups -OCH3 is 2. The highest BCUT2D eigenvalue weighted by Gasteiger charge is 2.43. The van der Waals surface area contributed by atoms with Crippen molar-refractivity contribution in [2.75, 3.05) is 83.3 Å². The molecule has 5 aromatic carbocycles. The number of carbonyl (C=O) groups is 8. The van der Waals surface area contributed by atoms with Crippen molar-refractivity contribution in [2.45, 2.75) is 192 Å². The van der Waals surface area contributed by atoms with Crippen molar-refractivity contribution in [3.8, 4) is 34.1 Å². The molecule has 0 unspecified atom stereocenters. The number of rotatable bonds is 39. The van der Waals surface area contributed by atoms with E-state index in [1.807, 2.05) is 66.2 Å². The Morgan fingerprint density at radius 1 is 0.676 bits per heavy atom. The van der Waals surface area contributed by atoms with Gasteiger partial charge in [-0.3, -0.25) is 34.6 Å². The third-order valence-electron chi connectivity index (χ3n) is 21.5. The molecule has 2 aliphatic carbocycles. The van der Waals surface area contributed by atoms with Gasteiger partial charge in [0.1, 0.15) is 25.7 Å².